The summed E-state index contributed by atoms with van der Waals surface area (Å²) in [6.07, 6.45) is 1.19. The van der Waals surface area contributed by atoms with Crippen molar-refractivity contribution in [3.05, 3.63) is 59.7 Å². The zero-order valence-electron chi connectivity index (χ0n) is 11.2. The lowest BCUT2D eigenvalue weighted by molar-refractivity contribution is 0.281. The van der Waals surface area contributed by atoms with Crippen molar-refractivity contribution in [2.45, 2.75) is 18.0 Å². The third kappa shape index (κ3) is 3.82. The molecule has 106 valence electrons. The lowest BCUT2D eigenvalue weighted by Gasteiger charge is -2.08. The summed E-state index contributed by atoms with van der Waals surface area (Å²) < 4.78 is 22.7. The van der Waals surface area contributed by atoms with Crippen LogP contribution in [-0.2, 0) is 23.0 Å². The van der Waals surface area contributed by atoms with Gasteiger partial charge in [0.25, 0.3) is 0 Å². The van der Waals surface area contributed by atoms with Crippen molar-refractivity contribution in [2.24, 2.45) is 0 Å². The number of anilines is 1. The predicted octanol–water partition coefficient (Wildman–Crippen LogP) is 2.19. The monoisotopic (exact) mass is 291 g/mol. The molecule has 5 heteroatoms. The maximum Gasteiger partial charge on any atom is 0.175 e. The van der Waals surface area contributed by atoms with Crippen molar-refractivity contribution in [1.82, 2.24) is 0 Å². The minimum atomic E-state index is -3.15. The molecule has 0 spiro atoms. The van der Waals surface area contributed by atoms with E-state index in [9.17, 15) is 8.42 Å². The lowest BCUT2D eigenvalue weighted by atomic mass is 10.1. The Balaban J connectivity index is 2.04. The lowest BCUT2D eigenvalue weighted by Crippen LogP contribution is -2.01. The molecule has 0 saturated carbocycles. The van der Waals surface area contributed by atoms with Crippen molar-refractivity contribution < 1.29 is 13.5 Å². The first-order valence-corrected chi connectivity index (χ1v) is 8.11. The molecule has 0 saturated heterocycles. The number of aliphatic hydroxyl groups excluding tert-OH is 1. The van der Waals surface area contributed by atoms with Crippen LogP contribution in [0.3, 0.4) is 0 Å². The molecule has 0 aromatic heterocycles. The van der Waals surface area contributed by atoms with Crippen LogP contribution in [0, 0.1) is 0 Å². The van der Waals surface area contributed by atoms with E-state index in [1.54, 1.807) is 24.3 Å². The molecule has 0 atom stereocenters. The Morgan fingerprint density at radius 2 is 1.70 bits per heavy atom. The van der Waals surface area contributed by atoms with Crippen molar-refractivity contribution in [3.63, 3.8) is 0 Å². The van der Waals surface area contributed by atoms with E-state index in [-0.39, 0.29) is 6.61 Å². The Hall–Kier alpha value is -1.85. The topological polar surface area (TPSA) is 66.4 Å². The van der Waals surface area contributed by atoms with E-state index >= 15 is 0 Å². The molecule has 0 aliphatic carbocycles. The fourth-order valence-corrected chi connectivity index (χ4v) is 2.49. The number of rotatable bonds is 5. The van der Waals surface area contributed by atoms with E-state index in [4.69, 9.17) is 5.11 Å². The molecule has 2 aromatic rings. The van der Waals surface area contributed by atoms with Gasteiger partial charge in [-0.3, -0.25) is 0 Å². The molecule has 0 heterocycles. The summed E-state index contributed by atoms with van der Waals surface area (Å²) >= 11 is 0. The highest BCUT2D eigenvalue weighted by Crippen LogP contribution is 2.15. The Morgan fingerprint density at radius 3 is 2.30 bits per heavy atom. The van der Waals surface area contributed by atoms with Crippen molar-refractivity contribution in [1.29, 1.82) is 0 Å². The second-order valence-corrected chi connectivity index (χ2v) is 6.64. The van der Waals surface area contributed by atoms with Crippen LogP contribution >= 0.6 is 0 Å². The maximum absolute atomic E-state index is 11.3. The second-order valence-electron chi connectivity index (χ2n) is 4.63. The van der Waals surface area contributed by atoms with Crippen molar-refractivity contribution in [3.8, 4) is 0 Å². The number of sulfone groups is 1. The third-order valence-corrected chi connectivity index (χ3v) is 4.08. The van der Waals surface area contributed by atoms with Gasteiger partial charge in [-0.05, 0) is 35.4 Å². The molecule has 2 N–H and O–H groups in total. The van der Waals surface area contributed by atoms with Crippen molar-refractivity contribution >= 4 is 15.5 Å². The molecule has 0 unspecified atom stereocenters. The first-order valence-electron chi connectivity index (χ1n) is 6.22. The Bertz CT molecular complexity index is 679. The molecule has 0 bridgehead atoms. The average molecular weight is 291 g/mol. The van der Waals surface area contributed by atoms with E-state index in [1.807, 2.05) is 24.3 Å². The molecular formula is C15H17NO3S. The van der Waals surface area contributed by atoms with Gasteiger partial charge in [-0.15, -0.1) is 0 Å². The van der Waals surface area contributed by atoms with Gasteiger partial charge in [0.15, 0.2) is 9.84 Å². The molecule has 20 heavy (non-hydrogen) atoms. The molecule has 0 aliphatic heterocycles. The average Bonchev–Trinajstić information content (AvgIpc) is 2.45. The van der Waals surface area contributed by atoms with Gasteiger partial charge >= 0.3 is 0 Å². The summed E-state index contributed by atoms with van der Waals surface area (Å²) in [7, 11) is -3.15. The molecule has 2 rings (SSSR count). The normalized spacial score (nSPS) is 11.3. The highest BCUT2D eigenvalue weighted by Gasteiger charge is 2.05. The van der Waals surface area contributed by atoms with Crippen LogP contribution in [0.25, 0.3) is 0 Å². The van der Waals surface area contributed by atoms with Crippen LogP contribution in [0.15, 0.2) is 53.4 Å². The number of aliphatic hydroxyl groups is 1. The highest BCUT2D eigenvalue weighted by atomic mass is 32.2. The van der Waals surface area contributed by atoms with Crippen LogP contribution < -0.4 is 5.32 Å². The minimum Gasteiger partial charge on any atom is -0.392 e. The zero-order valence-corrected chi connectivity index (χ0v) is 12.0. The largest absolute Gasteiger partial charge is 0.392 e. The molecule has 0 amide bonds. The van der Waals surface area contributed by atoms with Gasteiger partial charge in [-0.1, -0.05) is 24.3 Å². The fourth-order valence-electron chi connectivity index (χ4n) is 1.86. The van der Waals surface area contributed by atoms with Crippen LogP contribution in [0.5, 0.6) is 0 Å². The van der Waals surface area contributed by atoms with Gasteiger partial charge in [0.2, 0.25) is 0 Å². The molecule has 2 aromatic carbocycles. The zero-order chi connectivity index (χ0) is 14.6. The SMILES string of the molecule is CS(=O)(=O)c1ccc(NCc2cccc(CO)c2)cc1. The highest BCUT2D eigenvalue weighted by molar-refractivity contribution is 7.90. The molecule has 4 nitrogen and oxygen atoms in total. The number of hydrogen-bond donors (Lipinski definition) is 2. The maximum atomic E-state index is 11.3. The first kappa shape index (κ1) is 14.6. The summed E-state index contributed by atoms with van der Waals surface area (Å²) in [5, 5.41) is 12.3. The van der Waals surface area contributed by atoms with Crippen LogP contribution in [0.1, 0.15) is 11.1 Å². The van der Waals surface area contributed by atoms with Gasteiger partial charge in [0, 0.05) is 18.5 Å². The Morgan fingerprint density at radius 1 is 1.05 bits per heavy atom. The van der Waals surface area contributed by atoms with Crippen LogP contribution in [0.4, 0.5) is 5.69 Å². The Kier molecular flexibility index (Phi) is 4.42. The standard InChI is InChI=1S/C15H17NO3S/c1-20(18,19)15-7-5-14(6-8-15)16-10-12-3-2-4-13(9-12)11-17/h2-9,16-17H,10-11H2,1H3. The van der Waals surface area contributed by atoms with Gasteiger partial charge in [0.05, 0.1) is 11.5 Å². The van der Waals surface area contributed by atoms with E-state index in [2.05, 4.69) is 5.32 Å². The molecule has 0 fully saturated rings. The summed E-state index contributed by atoms with van der Waals surface area (Å²) in [4.78, 5) is 0.310. The second kappa shape index (κ2) is 6.07. The van der Waals surface area contributed by atoms with Gasteiger partial charge in [0.1, 0.15) is 0 Å². The van der Waals surface area contributed by atoms with E-state index < -0.39 is 9.84 Å². The number of nitrogens with one attached hydrogen (secondary N) is 1. The number of hydrogen-bond acceptors (Lipinski definition) is 4. The van der Waals surface area contributed by atoms with Crippen molar-refractivity contribution in [2.75, 3.05) is 11.6 Å². The number of benzene rings is 2. The molecule has 0 radical (unpaired) electrons. The fraction of sp³-hybridized carbons (Fsp3) is 0.200. The van der Waals surface area contributed by atoms with Gasteiger partial charge < -0.3 is 10.4 Å². The molecule has 0 aliphatic rings. The summed E-state index contributed by atoms with van der Waals surface area (Å²) in [6, 6.07) is 14.3. The summed E-state index contributed by atoms with van der Waals surface area (Å²) in [5.41, 5.74) is 2.78. The smallest absolute Gasteiger partial charge is 0.175 e. The summed E-state index contributed by atoms with van der Waals surface area (Å²) in [5.74, 6) is 0. The van der Waals surface area contributed by atoms with Crippen LogP contribution in [-0.4, -0.2) is 19.8 Å². The van der Waals surface area contributed by atoms with Crippen LogP contribution in [0.2, 0.25) is 0 Å². The third-order valence-electron chi connectivity index (χ3n) is 2.95. The predicted molar refractivity (Wildman–Crippen MR) is 79.2 cm³/mol. The van der Waals surface area contributed by atoms with E-state index in [1.165, 1.54) is 6.26 Å². The summed E-state index contributed by atoms with van der Waals surface area (Å²) in [6.45, 7) is 0.642. The van der Waals surface area contributed by atoms with E-state index in [0.29, 0.717) is 11.4 Å². The van der Waals surface area contributed by atoms with E-state index in [0.717, 1.165) is 16.8 Å². The molecular weight excluding hydrogens is 274 g/mol. The quantitative estimate of drug-likeness (QED) is 0.886. The Labute approximate surface area is 119 Å². The minimum absolute atomic E-state index is 0.0247. The first-order chi connectivity index (χ1) is 9.49. The van der Waals surface area contributed by atoms with Gasteiger partial charge in [-0.25, -0.2) is 8.42 Å². The van der Waals surface area contributed by atoms with Gasteiger partial charge in [-0.2, -0.15) is 0 Å².